The van der Waals surface area contributed by atoms with E-state index >= 15 is 0 Å². The number of halogens is 3. The van der Waals surface area contributed by atoms with Crippen molar-refractivity contribution in [3.63, 3.8) is 0 Å². The summed E-state index contributed by atoms with van der Waals surface area (Å²) in [4.78, 5) is 24.0. The average Bonchev–Trinajstić information content (AvgIpc) is 2.54. The highest BCUT2D eigenvalue weighted by atomic mass is 19.4. The first-order chi connectivity index (χ1) is 11.7. The Bertz CT molecular complexity index is 770. The van der Waals surface area contributed by atoms with Gasteiger partial charge in [0.1, 0.15) is 0 Å². The van der Waals surface area contributed by atoms with Crippen molar-refractivity contribution in [1.82, 2.24) is 0 Å². The zero-order valence-electron chi connectivity index (χ0n) is 13.6. The molecule has 0 heterocycles. The molecule has 0 fully saturated rings. The number of esters is 1. The number of ether oxygens (including phenoxy) is 1. The van der Waals surface area contributed by atoms with Crippen LogP contribution in [0.2, 0.25) is 0 Å². The molecule has 0 aliphatic carbocycles. The molecule has 0 aliphatic rings. The second kappa shape index (κ2) is 7.38. The maximum absolute atomic E-state index is 12.5. The highest BCUT2D eigenvalue weighted by Gasteiger charge is 2.30. The number of carbonyl (C=O) groups excluding carboxylic acids is 2. The normalized spacial score (nSPS) is 12.4. The zero-order chi connectivity index (χ0) is 18.6. The van der Waals surface area contributed by atoms with Crippen LogP contribution in [0.1, 0.15) is 28.4 Å². The lowest BCUT2D eigenvalue weighted by molar-refractivity contribution is -0.137. The van der Waals surface area contributed by atoms with Crippen LogP contribution in [0.3, 0.4) is 0 Å². The van der Waals surface area contributed by atoms with E-state index < -0.39 is 29.7 Å². The molecule has 0 spiro atoms. The number of carbonyl (C=O) groups is 2. The Balaban J connectivity index is 1.97. The number of amides is 1. The number of anilines is 1. The number of hydrogen-bond donors (Lipinski definition) is 1. The van der Waals surface area contributed by atoms with Crippen molar-refractivity contribution < 1.29 is 27.5 Å². The third-order valence-electron chi connectivity index (χ3n) is 3.39. The van der Waals surface area contributed by atoms with Gasteiger partial charge in [-0.2, -0.15) is 13.2 Å². The van der Waals surface area contributed by atoms with E-state index in [4.69, 9.17) is 4.74 Å². The van der Waals surface area contributed by atoms with Crippen LogP contribution in [0.5, 0.6) is 0 Å². The van der Waals surface area contributed by atoms with E-state index in [2.05, 4.69) is 5.32 Å². The van der Waals surface area contributed by atoms with Crippen LogP contribution < -0.4 is 5.32 Å². The Labute approximate surface area is 142 Å². The Morgan fingerprint density at radius 2 is 1.72 bits per heavy atom. The van der Waals surface area contributed by atoms with Crippen LogP contribution >= 0.6 is 0 Å². The number of nitrogens with one attached hydrogen (secondary N) is 1. The van der Waals surface area contributed by atoms with E-state index in [0.717, 1.165) is 29.8 Å². The summed E-state index contributed by atoms with van der Waals surface area (Å²) in [5.41, 5.74) is 0.548. The highest BCUT2D eigenvalue weighted by Crippen LogP contribution is 2.29. The molecule has 2 aromatic carbocycles. The minimum absolute atomic E-state index is 0.177. The number of alkyl halides is 3. The van der Waals surface area contributed by atoms with Gasteiger partial charge in [0.2, 0.25) is 0 Å². The summed E-state index contributed by atoms with van der Waals surface area (Å²) in [6.45, 7) is 3.20. The molecule has 2 aromatic rings. The Hall–Kier alpha value is -2.83. The molecule has 0 aromatic heterocycles. The molecule has 1 amide bonds. The fraction of sp³-hybridized carbons (Fsp3) is 0.222. The summed E-state index contributed by atoms with van der Waals surface area (Å²) in [7, 11) is 0. The molecule has 0 aliphatic heterocycles. The second-order valence-electron chi connectivity index (χ2n) is 5.48. The number of rotatable bonds is 4. The summed E-state index contributed by atoms with van der Waals surface area (Å²) < 4.78 is 42.6. The molecule has 7 heteroatoms. The highest BCUT2D eigenvalue weighted by molar-refractivity contribution is 5.97. The van der Waals surface area contributed by atoms with Crippen molar-refractivity contribution >= 4 is 17.6 Å². The van der Waals surface area contributed by atoms with Crippen LogP contribution in [0, 0.1) is 6.92 Å². The first kappa shape index (κ1) is 18.5. The topological polar surface area (TPSA) is 55.4 Å². The van der Waals surface area contributed by atoms with Gasteiger partial charge in [0.15, 0.2) is 6.10 Å². The van der Waals surface area contributed by atoms with Crippen molar-refractivity contribution in [3.05, 3.63) is 65.2 Å². The molecular formula is C18H16F3NO3. The van der Waals surface area contributed by atoms with Crippen molar-refractivity contribution in [3.8, 4) is 0 Å². The largest absolute Gasteiger partial charge is 0.449 e. The average molecular weight is 351 g/mol. The van der Waals surface area contributed by atoms with Gasteiger partial charge < -0.3 is 10.1 Å². The first-order valence-corrected chi connectivity index (χ1v) is 7.42. The van der Waals surface area contributed by atoms with Crippen molar-refractivity contribution in [2.75, 3.05) is 5.32 Å². The minimum atomic E-state index is -4.45. The van der Waals surface area contributed by atoms with E-state index in [1.807, 2.05) is 13.0 Å². The van der Waals surface area contributed by atoms with E-state index in [-0.39, 0.29) is 5.69 Å². The van der Waals surface area contributed by atoms with Crippen LogP contribution in [0.15, 0.2) is 48.5 Å². The molecule has 0 saturated carbocycles. The molecule has 0 bridgehead atoms. The summed E-state index contributed by atoms with van der Waals surface area (Å²) in [5.74, 6) is -1.29. The van der Waals surface area contributed by atoms with Gasteiger partial charge in [-0.05, 0) is 50.2 Å². The maximum Gasteiger partial charge on any atom is 0.416 e. The predicted molar refractivity (Wildman–Crippen MR) is 86.1 cm³/mol. The molecule has 2 rings (SSSR count). The van der Waals surface area contributed by atoms with Gasteiger partial charge in [-0.3, -0.25) is 4.79 Å². The molecule has 1 atom stereocenters. The van der Waals surface area contributed by atoms with Gasteiger partial charge in [0.25, 0.3) is 5.91 Å². The molecule has 0 saturated heterocycles. The third kappa shape index (κ3) is 5.07. The van der Waals surface area contributed by atoms with Crippen molar-refractivity contribution in [2.24, 2.45) is 0 Å². The lowest BCUT2D eigenvalue weighted by Crippen LogP contribution is -2.30. The molecule has 25 heavy (non-hydrogen) atoms. The van der Waals surface area contributed by atoms with Crippen LogP contribution in [0.25, 0.3) is 0 Å². The van der Waals surface area contributed by atoms with Crippen LogP contribution in [-0.2, 0) is 15.7 Å². The standard InChI is InChI=1S/C18H16F3NO3/c1-11-4-3-5-13(10-11)17(24)25-12(2)16(23)22-15-8-6-14(7-9-15)18(19,20)21/h3-10,12H,1-2H3,(H,22,23). The van der Waals surface area contributed by atoms with E-state index in [1.165, 1.54) is 6.92 Å². The monoisotopic (exact) mass is 351 g/mol. The predicted octanol–water partition coefficient (Wildman–Crippen LogP) is 4.20. The van der Waals surface area contributed by atoms with Crippen molar-refractivity contribution in [2.45, 2.75) is 26.1 Å². The molecule has 1 unspecified atom stereocenters. The molecule has 1 N–H and O–H groups in total. The quantitative estimate of drug-likeness (QED) is 0.840. The zero-order valence-corrected chi connectivity index (χ0v) is 13.6. The van der Waals surface area contributed by atoms with E-state index in [1.54, 1.807) is 18.2 Å². The third-order valence-corrected chi connectivity index (χ3v) is 3.39. The van der Waals surface area contributed by atoms with Crippen molar-refractivity contribution in [1.29, 1.82) is 0 Å². The number of benzene rings is 2. The smallest absolute Gasteiger partial charge is 0.416 e. The van der Waals surface area contributed by atoms with Gasteiger partial charge in [0.05, 0.1) is 11.1 Å². The number of hydrogen-bond acceptors (Lipinski definition) is 3. The second-order valence-corrected chi connectivity index (χ2v) is 5.48. The van der Waals surface area contributed by atoms with Gasteiger partial charge in [-0.1, -0.05) is 17.7 Å². The fourth-order valence-corrected chi connectivity index (χ4v) is 2.04. The SMILES string of the molecule is Cc1cccc(C(=O)OC(C)C(=O)Nc2ccc(C(F)(F)F)cc2)c1. The van der Waals surface area contributed by atoms with Gasteiger partial charge in [0, 0.05) is 5.69 Å². The fourth-order valence-electron chi connectivity index (χ4n) is 2.04. The van der Waals surface area contributed by atoms with Gasteiger partial charge in [-0.25, -0.2) is 4.79 Å². The molecular weight excluding hydrogens is 335 g/mol. The van der Waals surface area contributed by atoms with Gasteiger partial charge in [-0.15, -0.1) is 0 Å². The molecule has 4 nitrogen and oxygen atoms in total. The summed E-state index contributed by atoms with van der Waals surface area (Å²) in [6.07, 6.45) is -5.55. The lowest BCUT2D eigenvalue weighted by atomic mass is 10.1. The summed E-state index contributed by atoms with van der Waals surface area (Å²) in [6, 6.07) is 10.7. The summed E-state index contributed by atoms with van der Waals surface area (Å²) in [5, 5.41) is 2.41. The van der Waals surface area contributed by atoms with Crippen LogP contribution in [0.4, 0.5) is 18.9 Å². The Morgan fingerprint density at radius 3 is 2.28 bits per heavy atom. The lowest BCUT2D eigenvalue weighted by Gasteiger charge is -2.14. The van der Waals surface area contributed by atoms with Gasteiger partial charge >= 0.3 is 12.1 Å². The van der Waals surface area contributed by atoms with Crippen LogP contribution in [-0.4, -0.2) is 18.0 Å². The minimum Gasteiger partial charge on any atom is -0.449 e. The maximum atomic E-state index is 12.5. The summed E-state index contributed by atoms with van der Waals surface area (Å²) >= 11 is 0. The molecule has 132 valence electrons. The Morgan fingerprint density at radius 1 is 1.08 bits per heavy atom. The van der Waals surface area contributed by atoms with E-state index in [0.29, 0.717) is 5.56 Å². The van der Waals surface area contributed by atoms with E-state index in [9.17, 15) is 22.8 Å². The molecule has 0 radical (unpaired) electrons. The Kier molecular flexibility index (Phi) is 5.46. The number of aryl methyl sites for hydroxylation is 1. The first-order valence-electron chi connectivity index (χ1n) is 7.42.